The summed E-state index contributed by atoms with van der Waals surface area (Å²) >= 11 is 0. The molecule has 1 aromatic heterocycles. The predicted octanol–water partition coefficient (Wildman–Crippen LogP) is 4.10. The maximum atomic E-state index is 12.0. The number of nitrogens with zero attached hydrogens (tertiary/aromatic N) is 1. The first-order chi connectivity index (χ1) is 10.7. The van der Waals surface area contributed by atoms with Crippen LogP contribution in [0.3, 0.4) is 0 Å². The van der Waals surface area contributed by atoms with Crippen LogP contribution < -0.4 is 0 Å². The SMILES string of the molecule is COC(=O)c1onc(-c2ccc(C)cc2)c1-c1ccccc1. The normalized spacial score (nSPS) is 10.5. The van der Waals surface area contributed by atoms with Crippen LogP contribution in [-0.2, 0) is 4.74 Å². The fraction of sp³-hybridized carbons (Fsp3) is 0.111. The van der Waals surface area contributed by atoms with Gasteiger partial charge in [0, 0.05) is 5.56 Å². The van der Waals surface area contributed by atoms with Crippen molar-refractivity contribution in [3.63, 3.8) is 0 Å². The van der Waals surface area contributed by atoms with E-state index in [1.54, 1.807) is 0 Å². The summed E-state index contributed by atoms with van der Waals surface area (Å²) in [5.41, 5.74) is 4.19. The summed E-state index contributed by atoms with van der Waals surface area (Å²) in [4.78, 5) is 12.0. The molecule has 4 heteroatoms. The molecule has 3 aromatic rings. The molecular weight excluding hydrogens is 278 g/mol. The Balaban J connectivity index is 2.21. The molecule has 0 spiro atoms. The van der Waals surface area contributed by atoms with Crippen LogP contribution in [0.1, 0.15) is 16.1 Å². The Morgan fingerprint density at radius 3 is 2.32 bits per heavy atom. The van der Waals surface area contributed by atoms with Crippen molar-refractivity contribution >= 4 is 5.97 Å². The van der Waals surface area contributed by atoms with Crippen LogP contribution in [-0.4, -0.2) is 18.2 Å². The Morgan fingerprint density at radius 1 is 1.00 bits per heavy atom. The average molecular weight is 293 g/mol. The van der Waals surface area contributed by atoms with Gasteiger partial charge in [0.25, 0.3) is 5.76 Å². The Morgan fingerprint density at radius 2 is 1.68 bits per heavy atom. The van der Waals surface area contributed by atoms with Gasteiger partial charge in [-0.25, -0.2) is 4.79 Å². The quantitative estimate of drug-likeness (QED) is 0.682. The van der Waals surface area contributed by atoms with Crippen LogP contribution in [0, 0.1) is 6.92 Å². The first-order valence-corrected chi connectivity index (χ1v) is 6.91. The van der Waals surface area contributed by atoms with E-state index in [2.05, 4.69) is 5.16 Å². The minimum atomic E-state index is -0.537. The third kappa shape index (κ3) is 2.51. The fourth-order valence-corrected chi connectivity index (χ4v) is 2.30. The highest BCUT2D eigenvalue weighted by molar-refractivity contribution is 5.98. The number of methoxy groups -OCH3 is 1. The molecule has 1 heterocycles. The lowest BCUT2D eigenvalue weighted by Crippen LogP contribution is -2.01. The van der Waals surface area contributed by atoms with E-state index in [4.69, 9.17) is 9.26 Å². The van der Waals surface area contributed by atoms with Crippen molar-refractivity contribution in [1.29, 1.82) is 0 Å². The van der Waals surface area contributed by atoms with E-state index in [0.29, 0.717) is 11.3 Å². The van der Waals surface area contributed by atoms with Gasteiger partial charge < -0.3 is 9.26 Å². The first-order valence-electron chi connectivity index (χ1n) is 6.91. The van der Waals surface area contributed by atoms with E-state index in [0.717, 1.165) is 16.7 Å². The van der Waals surface area contributed by atoms with Gasteiger partial charge in [-0.05, 0) is 12.5 Å². The Hall–Kier alpha value is -2.88. The van der Waals surface area contributed by atoms with Gasteiger partial charge in [-0.15, -0.1) is 0 Å². The van der Waals surface area contributed by atoms with Gasteiger partial charge in [-0.3, -0.25) is 0 Å². The Labute approximate surface area is 128 Å². The second kappa shape index (κ2) is 5.85. The predicted molar refractivity (Wildman–Crippen MR) is 83.5 cm³/mol. The van der Waals surface area contributed by atoms with Gasteiger partial charge in [0.15, 0.2) is 0 Å². The summed E-state index contributed by atoms with van der Waals surface area (Å²) in [6.45, 7) is 2.02. The second-order valence-corrected chi connectivity index (χ2v) is 4.96. The van der Waals surface area contributed by atoms with Crippen molar-refractivity contribution in [3.8, 4) is 22.4 Å². The largest absolute Gasteiger partial charge is 0.463 e. The van der Waals surface area contributed by atoms with E-state index >= 15 is 0 Å². The molecule has 0 saturated carbocycles. The molecule has 0 radical (unpaired) electrons. The molecule has 2 aromatic carbocycles. The highest BCUT2D eigenvalue weighted by atomic mass is 16.5. The zero-order valence-corrected chi connectivity index (χ0v) is 12.4. The lowest BCUT2D eigenvalue weighted by Gasteiger charge is -2.04. The smallest absolute Gasteiger partial charge is 0.377 e. The number of aromatic nitrogens is 1. The van der Waals surface area contributed by atoms with E-state index in [1.807, 2.05) is 61.5 Å². The van der Waals surface area contributed by atoms with Crippen LogP contribution in [0.2, 0.25) is 0 Å². The van der Waals surface area contributed by atoms with Crippen LogP contribution in [0.15, 0.2) is 59.1 Å². The molecule has 0 unspecified atom stereocenters. The van der Waals surface area contributed by atoms with Crippen molar-refractivity contribution in [3.05, 3.63) is 65.9 Å². The average Bonchev–Trinajstić information content (AvgIpc) is 3.00. The second-order valence-electron chi connectivity index (χ2n) is 4.96. The van der Waals surface area contributed by atoms with Crippen molar-refractivity contribution in [2.45, 2.75) is 6.92 Å². The van der Waals surface area contributed by atoms with Gasteiger partial charge >= 0.3 is 5.97 Å². The molecule has 0 N–H and O–H groups in total. The van der Waals surface area contributed by atoms with Crippen LogP contribution in [0.4, 0.5) is 0 Å². The minimum Gasteiger partial charge on any atom is -0.463 e. The number of rotatable bonds is 3. The van der Waals surface area contributed by atoms with Crippen LogP contribution in [0.5, 0.6) is 0 Å². The Kier molecular flexibility index (Phi) is 3.74. The van der Waals surface area contributed by atoms with E-state index < -0.39 is 5.97 Å². The van der Waals surface area contributed by atoms with Gasteiger partial charge in [0.2, 0.25) is 0 Å². The van der Waals surface area contributed by atoms with E-state index in [-0.39, 0.29) is 5.76 Å². The molecule has 22 heavy (non-hydrogen) atoms. The topological polar surface area (TPSA) is 52.3 Å². The molecule has 0 amide bonds. The van der Waals surface area contributed by atoms with Crippen molar-refractivity contribution in [2.75, 3.05) is 7.11 Å². The number of aryl methyl sites for hydroxylation is 1. The minimum absolute atomic E-state index is 0.115. The van der Waals surface area contributed by atoms with Crippen molar-refractivity contribution in [2.24, 2.45) is 0 Å². The summed E-state index contributed by atoms with van der Waals surface area (Å²) < 4.78 is 10.1. The summed E-state index contributed by atoms with van der Waals surface area (Å²) in [6, 6.07) is 17.5. The summed E-state index contributed by atoms with van der Waals surface area (Å²) in [6.07, 6.45) is 0. The molecule has 3 rings (SSSR count). The zero-order chi connectivity index (χ0) is 15.5. The molecule has 4 nitrogen and oxygen atoms in total. The molecule has 110 valence electrons. The number of hydrogen-bond donors (Lipinski definition) is 0. The third-order valence-electron chi connectivity index (χ3n) is 3.45. The van der Waals surface area contributed by atoms with Crippen LogP contribution >= 0.6 is 0 Å². The standard InChI is InChI=1S/C18H15NO3/c1-12-8-10-14(11-9-12)16-15(13-6-4-3-5-7-13)17(22-19-16)18(20)21-2/h3-11H,1-2H3. The van der Waals surface area contributed by atoms with Gasteiger partial charge in [0.1, 0.15) is 5.69 Å². The Bertz CT molecular complexity index is 789. The molecule has 0 aliphatic rings. The first kappa shape index (κ1) is 14.1. The van der Waals surface area contributed by atoms with Crippen LogP contribution in [0.25, 0.3) is 22.4 Å². The highest BCUT2D eigenvalue weighted by Gasteiger charge is 2.24. The maximum absolute atomic E-state index is 12.0. The molecule has 0 fully saturated rings. The molecule has 0 atom stereocenters. The molecule has 0 aliphatic heterocycles. The number of carbonyl (C=O) groups is 1. The highest BCUT2D eigenvalue weighted by Crippen LogP contribution is 2.34. The number of hydrogen-bond acceptors (Lipinski definition) is 4. The zero-order valence-electron chi connectivity index (χ0n) is 12.4. The lowest BCUT2D eigenvalue weighted by molar-refractivity contribution is 0.0556. The molecular formula is C18H15NO3. The van der Waals surface area contributed by atoms with Gasteiger partial charge in [-0.1, -0.05) is 65.3 Å². The lowest BCUT2D eigenvalue weighted by atomic mass is 9.98. The monoisotopic (exact) mass is 293 g/mol. The van der Waals surface area contributed by atoms with Crippen molar-refractivity contribution in [1.82, 2.24) is 5.16 Å². The van der Waals surface area contributed by atoms with Gasteiger partial charge in [0.05, 0.1) is 12.7 Å². The summed E-state index contributed by atoms with van der Waals surface area (Å²) in [5.74, 6) is -0.422. The number of ether oxygens (including phenoxy) is 1. The molecule has 0 bridgehead atoms. The fourth-order valence-electron chi connectivity index (χ4n) is 2.30. The van der Waals surface area contributed by atoms with Gasteiger partial charge in [-0.2, -0.15) is 0 Å². The summed E-state index contributed by atoms with van der Waals surface area (Å²) in [5, 5.41) is 4.09. The number of benzene rings is 2. The van der Waals surface area contributed by atoms with Crippen molar-refractivity contribution < 1.29 is 14.1 Å². The molecule has 0 saturated heterocycles. The third-order valence-corrected chi connectivity index (χ3v) is 3.45. The van der Waals surface area contributed by atoms with E-state index in [9.17, 15) is 4.79 Å². The van der Waals surface area contributed by atoms with E-state index in [1.165, 1.54) is 7.11 Å². The molecule has 0 aliphatic carbocycles. The maximum Gasteiger partial charge on any atom is 0.377 e. The number of esters is 1. The number of carbonyl (C=O) groups excluding carboxylic acids is 1. The summed E-state index contributed by atoms with van der Waals surface area (Å²) in [7, 11) is 1.32.